The Morgan fingerprint density at radius 2 is 1.81 bits per heavy atom. The van der Waals surface area contributed by atoms with Gasteiger partial charge in [0.05, 0.1) is 11.7 Å². The van der Waals surface area contributed by atoms with Crippen molar-refractivity contribution in [3.63, 3.8) is 0 Å². The summed E-state index contributed by atoms with van der Waals surface area (Å²) in [5, 5.41) is 7.98. The molecule has 0 spiro atoms. The van der Waals surface area contributed by atoms with Crippen molar-refractivity contribution < 1.29 is 4.79 Å². The number of amides is 1. The van der Waals surface area contributed by atoms with E-state index in [1.807, 2.05) is 6.07 Å². The summed E-state index contributed by atoms with van der Waals surface area (Å²) in [6, 6.07) is 16.3. The maximum atomic E-state index is 12.5. The number of hydrogen-bond acceptors (Lipinski definition) is 3. The fourth-order valence-electron chi connectivity index (χ4n) is 2.49. The fourth-order valence-corrected chi connectivity index (χ4v) is 3.06. The fraction of sp³-hybridized carbons (Fsp3) is 0.105. The van der Waals surface area contributed by atoms with E-state index >= 15 is 0 Å². The van der Waals surface area contributed by atoms with Gasteiger partial charge in [-0.25, -0.2) is 0 Å². The van der Waals surface area contributed by atoms with Crippen LogP contribution in [0.3, 0.4) is 0 Å². The third-order valence-corrected chi connectivity index (χ3v) is 4.37. The number of halogens is 2. The first kappa shape index (κ1) is 18.2. The van der Waals surface area contributed by atoms with Crippen LogP contribution in [0.25, 0.3) is 5.69 Å². The monoisotopic (exact) mass is 387 g/mol. The molecule has 1 N–H and O–H groups in total. The molecule has 3 rings (SSSR count). The molecule has 0 aliphatic heterocycles. The van der Waals surface area contributed by atoms with Gasteiger partial charge in [0.1, 0.15) is 5.69 Å². The number of benzene rings is 2. The predicted octanol–water partition coefficient (Wildman–Crippen LogP) is 4.03. The lowest BCUT2D eigenvalue weighted by Crippen LogP contribution is -2.30. The van der Waals surface area contributed by atoms with E-state index in [0.717, 1.165) is 5.56 Å². The third kappa shape index (κ3) is 3.95. The molecule has 0 saturated carbocycles. The van der Waals surface area contributed by atoms with Gasteiger partial charge >= 0.3 is 0 Å². The summed E-state index contributed by atoms with van der Waals surface area (Å²) in [5.41, 5.74) is 1.13. The number of carbonyl (C=O) groups is 1. The van der Waals surface area contributed by atoms with Crippen LogP contribution in [0, 0.1) is 0 Å². The molecule has 1 unspecified atom stereocenters. The van der Waals surface area contributed by atoms with E-state index in [1.54, 1.807) is 49.4 Å². The molecule has 0 aliphatic rings. The predicted molar refractivity (Wildman–Crippen MR) is 102 cm³/mol. The Morgan fingerprint density at radius 1 is 1.08 bits per heavy atom. The van der Waals surface area contributed by atoms with Crippen LogP contribution in [-0.2, 0) is 0 Å². The lowest BCUT2D eigenvalue weighted by Gasteiger charge is -2.16. The van der Waals surface area contributed by atoms with Crippen molar-refractivity contribution in [2.45, 2.75) is 13.0 Å². The second kappa shape index (κ2) is 7.72. The summed E-state index contributed by atoms with van der Waals surface area (Å²) in [6.45, 7) is 1.81. The Morgan fingerprint density at radius 3 is 2.50 bits per heavy atom. The zero-order chi connectivity index (χ0) is 18.7. The van der Waals surface area contributed by atoms with E-state index in [9.17, 15) is 9.59 Å². The van der Waals surface area contributed by atoms with Gasteiger partial charge in [-0.05, 0) is 42.8 Å². The van der Waals surface area contributed by atoms with E-state index in [-0.39, 0.29) is 17.3 Å². The maximum Gasteiger partial charge on any atom is 0.272 e. The van der Waals surface area contributed by atoms with Gasteiger partial charge in [0.2, 0.25) is 0 Å². The first-order valence-corrected chi connectivity index (χ1v) is 8.63. The zero-order valence-electron chi connectivity index (χ0n) is 13.8. The van der Waals surface area contributed by atoms with Gasteiger partial charge in [-0.2, -0.15) is 9.78 Å². The summed E-state index contributed by atoms with van der Waals surface area (Å²) in [7, 11) is 0. The maximum absolute atomic E-state index is 12.5. The quantitative estimate of drug-likeness (QED) is 0.734. The highest BCUT2D eigenvalue weighted by molar-refractivity contribution is 6.35. The minimum atomic E-state index is -0.409. The van der Waals surface area contributed by atoms with Crippen LogP contribution in [0.2, 0.25) is 10.0 Å². The van der Waals surface area contributed by atoms with Crippen LogP contribution in [0.4, 0.5) is 0 Å². The second-order valence-electron chi connectivity index (χ2n) is 5.67. The van der Waals surface area contributed by atoms with Gasteiger partial charge in [0.25, 0.3) is 11.5 Å². The molecular weight excluding hydrogens is 373 g/mol. The normalized spacial score (nSPS) is 11.8. The molecule has 5 nitrogen and oxygen atoms in total. The molecule has 1 aromatic heterocycles. The van der Waals surface area contributed by atoms with Crippen molar-refractivity contribution >= 4 is 29.1 Å². The van der Waals surface area contributed by atoms with Gasteiger partial charge in [-0.3, -0.25) is 9.59 Å². The Bertz CT molecular complexity index is 1000. The molecule has 0 aliphatic carbocycles. The third-order valence-electron chi connectivity index (χ3n) is 3.81. The first-order chi connectivity index (χ1) is 12.5. The number of nitrogens with one attached hydrogen (secondary N) is 1. The minimum absolute atomic E-state index is 0.130. The van der Waals surface area contributed by atoms with Crippen LogP contribution < -0.4 is 10.9 Å². The highest BCUT2D eigenvalue weighted by atomic mass is 35.5. The number of carbonyl (C=O) groups excluding carboxylic acids is 1. The van der Waals surface area contributed by atoms with Gasteiger partial charge in [-0.1, -0.05) is 47.5 Å². The Labute approximate surface area is 160 Å². The smallest absolute Gasteiger partial charge is 0.272 e. The average molecular weight is 388 g/mol. The highest BCUT2D eigenvalue weighted by Crippen LogP contribution is 2.26. The van der Waals surface area contributed by atoms with E-state index in [4.69, 9.17) is 23.2 Å². The molecule has 1 atom stereocenters. The summed E-state index contributed by atoms with van der Waals surface area (Å²) in [4.78, 5) is 24.6. The van der Waals surface area contributed by atoms with Crippen molar-refractivity contribution in [2.75, 3.05) is 0 Å². The number of aromatic nitrogens is 2. The molecule has 2 aromatic carbocycles. The standard InChI is InChI=1S/C19H15Cl2N3O2/c1-12(15-8-7-13(20)11-16(15)21)22-19(26)17-9-10-18(25)24(23-17)14-5-3-2-4-6-14/h2-12H,1H3,(H,22,26). The molecule has 1 amide bonds. The van der Waals surface area contributed by atoms with Crippen LogP contribution in [0.5, 0.6) is 0 Å². The van der Waals surface area contributed by atoms with Crippen LogP contribution in [-0.4, -0.2) is 15.7 Å². The van der Waals surface area contributed by atoms with Crippen molar-refractivity contribution in [1.82, 2.24) is 15.1 Å². The Balaban J connectivity index is 1.85. The largest absolute Gasteiger partial charge is 0.344 e. The van der Waals surface area contributed by atoms with Crippen molar-refractivity contribution in [3.8, 4) is 5.69 Å². The summed E-state index contributed by atoms with van der Waals surface area (Å²) in [5.74, 6) is -0.409. The molecule has 132 valence electrons. The number of para-hydroxylation sites is 1. The summed E-state index contributed by atoms with van der Waals surface area (Å²) >= 11 is 12.1. The SMILES string of the molecule is CC(NC(=O)c1ccc(=O)n(-c2ccccc2)n1)c1ccc(Cl)cc1Cl. The van der Waals surface area contributed by atoms with E-state index < -0.39 is 5.91 Å². The van der Waals surface area contributed by atoms with Crippen molar-refractivity contribution in [3.05, 3.63) is 92.3 Å². The molecule has 0 radical (unpaired) electrons. The minimum Gasteiger partial charge on any atom is -0.344 e. The number of rotatable bonds is 4. The summed E-state index contributed by atoms with van der Waals surface area (Å²) in [6.07, 6.45) is 0. The lowest BCUT2D eigenvalue weighted by atomic mass is 10.1. The molecule has 26 heavy (non-hydrogen) atoms. The second-order valence-corrected chi connectivity index (χ2v) is 6.51. The van der Waals surface area contributed by atoms with Crippen LogP contribution in [0.15, 0.2) is 65.5 Å². The van der Waals surface area contributed by atoms with Crippen LogP contribution in [0.1, 0.15) is 29.0 Å². The highest BCUT2D eigenvalue weighted by Gasteiger charge is 2.16. The Kier molecular flexibility index (Phi) is 5.40. The van der Waals surface area contributed by atoms with Crippen molar-refractivity contribution in [1.29, 1.82) is 0 Å². The first-order valence-electron chi connectivity index (χ1n) is 7.87. The molecule has 0 bridgehead atoms. The van der Waals surface area contributed by atoms with E-state index in [1.165, 1.54) is 16.8 Å². The van der Waals surface area contributed by atoms with Gasteiger partial charge in [0.15, 0.2) is 0 Å². The molecule has 0 fully saturated rings. The van der Waals surface area contributed by atoms with Crippen molar-refractivity contribution in [2.24, 2.45) is 0 Å². The van der Waals surface area contributed by atoms with Crippen LogP contribution >= 0.6 is 23.2 Å². The molecule has 1 heterocycles. The topological polar surface area (TPSA) is 64.0 Å². The van der Waals surface area contributed by atoms with Gasteiger partial charge in [0, 0.05) is 16.1 Å². The zero-order valence-corrected chi connectivity index (χ0v) is 15.3. The number of hydrogen-bond donors (Lipinski definition) is 1. The van der Waals surface area contributed by atoms with E-state index in [2.05, 4.69) is 10.4 Å². The number of nitrogens with zero attached hydrogens (tertiary/aromatic N) is 2. The molecule has 3 aromatic rings. The molecule has 0 saturated heterocycles. The lowest BCUT2D eigenvalue weighted by molar-refractivity contribution is 0.0933. The molecule has 7 heteroatoms. The summed E-state index contributed by atoms with van der Waals surface area (Å²) < 4.78 is 1.19. The average Bonchev–Trinajstić information content (AvgIpc) is 2.62. The van der Waals surface area contributed by atoms with Gasteiger partial charge in [-0.15, -0.1) is 0 Å². The molecular formula is C19H15Cl2N3O2. The Hall–Kier alpha value is -2.63. The van der Waals surface area contributed by atoms with E-state index in [0.29, 0.717) is 15.7 Å². The van der Waals surface area contributed by atoms with Gasteiger partial charge < -0.3 is 5.32 Å².